The average molecular weight is 411 g/mol. The minimum atomic E-state index is 0.00126. The summed E-state index contributed by atoms with van der Waals surface area (Å²) >= 11 is 0. The van der Waals surface area contributed by atoms with Gasteiger partial charge in [-0.3, -0.25) is 4.79 Å². The maximum atomic E-state index is 11.8. The Balaban J connectivity index is 3.34. The lowest BCUT2D eigenvalue weighted by atomic mass is 10.0. The summed E-state index contributed by atoms with van der Waals surface area (Å²) in [5.74, 6) is 0.331. The normalized spacial score (nSPS) is 12.1. The third-order valence-corrected chi connectivity index (χ3v) is 5.79. The topological polar surface area (TPSA) is 43.4 Å². The van der Waals surface area contributed by atoms with Crippen LogP contribution in [0.5, 0.6) is 0 Å². The van der Waals surface area contributed by atoms with Crippen LogP contribution in [-0.4, -0.2) is 17.9 Å². The molecule has 0 aliphatic carbocycles. The second-order valence-electron chi connectivity index (χ2n) is 8.81. The first-order valence-corrected chi connectivity index (χ1v) is 12.8. The summed E-state index contributed by atoms with van der Waals surface area (Å²) in [7, 11) is 0. The van der Waals surface area contributed by atoms with E-state index in [1.54, 1.807) is 6.92 Å². The smallest absolute Gasteiger partial charge is 0.306 e. The summed E-state index contributed by atoms with van der Waals surface area (Å²) in [6, 6.07) is 0. The third-order valence-electron chi connectivity index (χ3n) is 5.79. The Morgan fingerprint density at radius 2 is 1.07 bits per heavy atom. The molecule has 0 aromatic heterocycles. The minimum absolute atomic E-state index is 0.00126. The zero-order chi connectivity index (χ0) is 21.6. The van der Waals surface area contributed by atoms with E-state index in [1.165, 1.54) is 77.0 Å². The van der Waals surface area contributed by atoms with Crippen LogP contribution >= 0.6 is 0 Å². The van der Waals surface area contributed by atoms with Crippen molar-refractivity contribution in [3.8, 4) is 0 Å². The van der Waals surface area contributed by atoms with Gasteiger partial charge in [0.1, 0.15) is 11.9 Å². The predicted octanol–water partition coefficient (Wildman–Crippen LogP) is 8.33. The molecule has 0 rings (SSSR count). The van der Waals surface area contributed by atoms with E-state index in [1.807, 2.05) is 0 Å². The van der Waals surface area contributed by atoms with Gasteiger partial charge in [-0.15, -0.1) is 0 Å². The van der Waals surface area contributed by atoms with Gasteiger partial charge in [0.05, 0.1) is 0 Å². The van der Waals surface area contributed by atoms with Crippen molar-refractivity contribution in [3.63, 3.8) is 0 Å². The highest BCUT2D eigenvalue weighted by atomic mass is 16.5. The SMILES string of the molecule is CCCCCC(=O)OC(CC)CCCCCCCCCCCCCCCC(C)=O. The Bertz CT molecular complexity index is 378. The number of unbranched alkanes of at least 4 members (excludes halogenated alkanes) is 14. The van der Waals surface area contributed by atoms with Gasteiger partial charge < -0.3 is 9.53 Å². The van der Waals surface area contributed by atoms with Gasteiger partial charge >= 0.3 is 5.97 Å². The molecule has 29 heavy (non-hydrogen) atoms. The molecule has 0 heterocycles. The molecule has 0 fully saturated rings. The Morgan fingerprint density at radius 3 is 1.52 bits per heavy atom. The third kappa shape index (κ3) is 21.7. The molecule has 0 aliphatic heterocycles. The number of esters is 1. The first kappa shape index (κ1) is 28.1. The van der Waals surface area contributed by atoms with Gasteiger partial charge in [-0.05, 0) is 39.0 Å². The number of carbonyl (C=O) groups is 2. The van der Waals surface area contributed by atoms with Crippen molar-refractivity contribution in [2.24, 2.45) is 0 Å². The summed E-state index contributed by atoms with van der Waals surface area (Å²) < 4.78 is 5.62. The zero-order valence-corrected chi connectivity index (χ0v) is 19.9. The van der Waals surface area contributed by atoms with Gasteiger partial charge in [0.25, 0.3) is 0 Å². The predicted molar refractivity (Wildman–Crippen MR) is 124 cm³/mol. The van der Waals surface area contributed by atoms with E-state index >= 15 is 0 Å². The summed E-state index contributed by atoms with van der Waals surface area (Å²) in [5, 5.41) is 0. The number of hydrogen-bond donors (Lipinski definition) is 0. The summed E-state index contributed by atoms with van der Waals surface area (Å²) in [4.78, 5) is 22.7. The van der Waals surface area contributed by atoms with Gasteiger partial charge in [0, 0.05) is 12.8 Å². The highest BCUT2D eigenvalue weighted by Crippen LogP contribution is 2.16. The second kappa shape index (κ2) is 21.8. The molecular weight excluding hydrogens is 360 g/mol. The van der Waals surface area contributed by atoms with Gasteiger partial charge in [-0.2, -0.15) is 0 Å². The average Bonchev–Trinajstić information content (AvgIpc) is 2.69. The molecule has 0 aromatic rings. The van der Waals surface area contributed by atoms with E-state index in [0.717, 1.165) is 44.9 Å². The van der Waals surface area contributed by atoms with Crippen molar-refractivity contribution >= 4 is 11.8 Å². The molecule has 0 saturated carbocycles. The lowest BCUT2D eigenvalue weighted by Crippen LogP contribution is -2.17. The molecule has 3 heteroatoms. The first-order valence-electron chi connectivity index (χ1n) is 12.8. The number of ketones is 1. The molecule has 0 aliphatic rings. The summed E-state index contributed by atoms with van der Waals surface area (Å²) in [6.07, 6.45) is 23.6. The maximum absolute atomic E-state index is 11.8. The molecule has 0 saturated heterocycles. The minimum Gasteiger partial charge on any atom is -0.462 e. The molecule has 0 spiro atoms. The van der Waals surface area contributed by atoms with E-state index in [9.17, 15) is 9.59 Å². The van der Waals surface area contributed by atoms with E-state index in [0.29, 0.717) is 12.2 Å². The van der Waals surface area contributed by atoms with Crippen LogP contribution in [0.4, 0.5) is 0 Å². The number of carbonyl (C=O) groups excluding carboxylic acids is 2. The molecule has 172 valence electrons. The lowest BCUT2D eigenvalue weighted by Gasteiger charge is -2.16. The van der Waals surface area contributed by atoms with Crippen LogP contribution in [0, 0.1) is 0 Å². The number of Topliss-reactive ketones (excluding diaryl/α,β-unsaturated/α-hetero) is 1. The lowest BCUT2D eigenvalue weighted by molar-refractivity contribution is -0.149. The van der Waals surface area contributed by atoms with Crippen molar-refractivity contribution in [1.29, 1.82) is 0 Å². The maximum Gasteiger partial charge on any atom is 0.306 e. The zero-order valence-electron chi connectivity index (χ0n) is 19.9. The summed E-state index contributed by atoms with van der Waals surface area (Å²) in [6.45, 7) is 5.97. The Morgan fingerprint density at radius 1 is 0.621 bits per heavy atom. The van der Waals surface area contributed by atoms with Crippen molar-refractivity contribution in [1.82, 2.24) is 0 Å². The number of ether oxygens (including phenoxy) is 1. The van der Waals surface area contributed by atoms with Crippen LogP contribution in [0.2, 0.25) is 0 Å². The van der Waals surface area contributed by atoms with E-state index in [2.05, 4.69) is 13.8 Å². The number of hydrogen-bond acceptors (Lipinski definition) is 3. The van der Waals surface area contributed by atoms with Crippen molar-refractivity contribution in [2.75, 3.05) is 0 Å². The molecule has 3 nitrogen and oxygen atoms in total. The molecule has 0 N–H and O–H groups in total. The molecule has 1 unspecified atom stereocenters. The monoisotopic (exact) mass is 410 g/mol. The molecule has 0 aromatic carbocycles. The Labute approximate surface area is 181 Å². The molecule has 0 radical (unpaired) electrons. The van der Waals surface area contributed by atoms with E-state index in [-0.39, 0.29) is 12.1 Å². The van der Waals surface area contributed by atoms with E-state index in [4.69, 9.17) is 4.74 Å². The van der Waals surface area contributed by atoms with Crippen molar-refractivity contribution in [3.05, 3.63) is 0 Å². The fourth-order valence-corrected chi connectivity index (χ4v) is 3.80. The Kier molecular flexibility index (Phi) is 21.2. The van der Waals surface area contributed by atoms with Crippen molar-refractivity contribution < 1.29 is 14.3 Å². The molecule has 1 atom stereocenters. The second-order valence-corrected chi connectivity index (χ2v) is 8.81. The highest BCUT2D eigenvalue weighted by Gasteiger charge is 2.11. The van der Waals surface area contributed by atoms with Crippen LogP contribution in [-0.2, 0) is 14.3 Å². The van der Waals surface area contributed by atoms with Crippen LogP contribution in [0.1, 0.15) is 149 Å². The molecule has 0 amide bonds. The first-order chi connectivity index (χ1) is 14.1. The van der Waals surface area contributed by atoms with Gasteiger partial charge in [-0.1, -0.05) is 97.3 Å². The Hall–Kier alpha value is -0.860. The number of rotatable bonds is 22. The fraction of sp³-hybridized carbons (Fsp3) is 0.923. The quantitative estimate of drug-likeness (QED) is 0.133. The van der Waals surface area contributed by atoms with Crippen LogP contribution < -0.4 is 0 Å². The van der Waals surface area contributed by atoms with Crippen LogP contribution in [0.15, 0.2) is 0 Å². The van der Waals surface area contributed by atoms with Gasteiger partial charge in [0.2, 0.25) is 0 Å². The molecule has 0 bridgehead atoms. The van der Waals surface area contributed by atoms with E-state index < -0.39 is 0 Å². The summed E-state index contributed by atoms with van der Waals surface area (Å²) in [5.41, 5.74) is 0. The fourth-order valence-electron chi connectivity index (χ4n) is 3.80. The highest BCUT2D eigenvalue weighted by molar-refractivity contribution is 5.75. The van der Waals surface area contributed by atoms with Crippen molar-refractivity contribution in [2.45, 2.75) is 155 Å². The van der Waals surface area contributed by atoms with Gasteiger partial charge in [-0.25, -0.2) is 0 Å². The van der Waals surface area contributed by atoms with Crippen LogP contribution in [0.25, 0.3) is 0 Å². The standard InChI is InChI=1S/C26H50O3/c1-4-6-18-23-26(28)29-25(5-2)22-20-17-15-13-11-9-7-8-10-12-14-16-19-21-24(3)27/h25H,4-23H2,1-3H3. The molecular formula is C26H50O3. The largest absolute Gasteiger partial charge is 0.462 e. The van der Waals surface area contributed by atoms with Crippen LogP contribution in [0.3, 0.4) is 0 Å². The van der Waals surface area contributed by atoms with Gasteiger partial charge in [0.15, 0.2) is 0 Å².